The molecule has 66 heavy (non-hydrogen) atoms. The third-order valence-electron chi connectivity index (χ3n) is 16.9. The Labute approximate surface area is 387 Å². The van der Waals surface area contributed by atoms with Gasteiger partial charge in [-0.05, 0) is 133 Å². The highest BCUT2D eigenvalue weighted by Crippen LogP contribution is 2.93. The van der Waals surface area contributed by atoms with E-state index >= 15 is 0 Å². The summed E-state index contributed by atoms with van der Waals surface area (Å²) in [5, 5.41) is 5.30. The van der Waals surface area contributed by atoms with E-state index in [-0.39, 0.29) is 0 Å². The lowest BCUT2D eigenvalue weighted by Gasteiger charge is -2.91. The molecule has 14 rings (SSSR count). The number of nitrogens with zero attached hydrogens (tertiary/aromatic N) is 1. The van der Waals surface area contributed by atoms with Crippen molar-refractivity contribution in [2.45, 2.75) is 31.1 Å². The van der Waals surface area contributed by atoms with E-state index in [0.29, 0.717) is 10.8 Å². The first-order chi connectivity index (χ1) is 32.7. The van der Waals surface area contributed by atoms with Crippen LogP contribution in [-0.2, 0) is 5.41 Å². The van der Waals surface area contributed by atoms with Crippen LogP contribution in [0.5, 0.6) is 0 Å². The van der Waals surface area contributed by atoms with Gasteiger partial charge in [-0.25, -0.2) is 0 Å². The monoisotopic (exact) mass is 843 g/mol. The highest BCUT2D eigenvalue weighted by Gasteiger charge is 2.87. The van der Waals surface area contributed by atoms with Gasteiger partial charge in [0.15, 0.2) is 0 Å². The molecule has 2 unspecified atom stereocenters. The normalized spacial score (nSPS) is 22.0. The average molecular weight is 844 g/mol. The van der Waals surface area contributed by atoms with Crippen LogP contribution in [0.4, 0.5) is 17.1 Å². The lowest BCUT2D eigenvalue weighted by molar-refractivity contribution is -0.394. The van der Waals surface area contributed by atoms with E-state index in [2.05, 4.69) is 235 Å². The van der Waals surface area contributed by atoms with Gasteiger partial charge in [0.25, 0.3) is 0 Å². The number of rotatable bonds is 9. The number of para-hydroxylation sites is 2. The molecule has 4 fully saturated rings. The Kier molecular flexibility index (Phi) is 8.32. The molecule has 0 aliphatic heterocycles. The number of benzene rings is 10. The molecule has 10 aromatic carbocycles. The summed E-state index contributed by atoms with van der Waals surface area (Å²) in [6, 6.07) is 86.1. The number of anilines is 3. The fraction of sp³-hybridized carbons (Fsp3) is 0.138. The van der Waals surface area contributed by atoms with Gasteiger partial charge >= 0.3 is 0 Å². The van der Waals surface area contributed by atoms with Crippen molar-refractivity contribution >= 4 is 38.6 Å². The summed E-state index contributed by atoms with van der Waals surface area (Å²) in [4.78, 5) is 2.60. The van der Waals surface area contributed by atoms with Crippen LogP contribution >= 0.6 is 0 Å². The van der Waals surface area contributed by atoms with Crippen LogP contribution in [0.1, 0.15) is 31.2 Å². The topological polar surface area (TPSA) is 3.24 Å². The minimum absolute atomic E-state index is 0.319. The van der Waals surface area contributed by atoms with Gasteiger partial charge < -0.3 is 4.90 Å². The maximum absolute atomic E-state index is 2.60. The van der Waals surface area contributed by atoms with Crippen molar-refractivity contribution in [1.82, 2.24) is 0 Å². The fourth-order valence-corrected chi connectivity index (χ4v) is 14.2. The Morgan fingerprint density at radius 1 is 0.333 bits per heavy atom. The Morgan fingerprint density at radius 2 is 0.833 bits per heavy atom. The zero-order chi connectivity index (χ0) is 43.4. The van der Waals surface area contributed by atoms with E-state index in [1.165, 1.54) is 109 Å². The second-order valence-electron chi connectivity index (χ2n) is 19.6. The molecule has 0 saturated heterocycles. The van der Waals surface area contributed by atoms with Gasteiger partial charge in [-0.2, -0.15) is 0 Å². The van der Waals surface area contributed by atoms with Crippen LogP contribution in [0.2, 0.25) is 0 Å². The quantitative estimate of drug-likeness (QED) is 0.140. The molecule has 4 aliphatic rings. The molecule has 0 heterocycles. The number of hydrogen-bond acceptors (Lipinski definition) is 1. The predicted octanol–water partition coefficient (Wildman–Crippen LogP) is 17.5. The summed E-state index contributed by atoms with van der Waals surface area (Å²) in [6.07, 6.45) is 5.64. The summed E-state index contributed by atoms with van der Waals surface area (Å²) in [6.45, 7) is 0. The van der Waals surface area contributed by atoms with Gasteiger partial charge in [0, 0.05) is 22.1 Å². The first kappa shape index (κ1) is 37.9. The zero-order valence-electron chi connectivity index (χ0n) is 36.9. The largest absolute Gasteiger partial charge is 0.309 e. The minimum atomic E-state index is 0.319. The Morgan fingerprint density at radius 3 is 1.56 bits per heavy atom. The van der Waals surface area contributed by atoms with Crippen LogP contribution in [0.15, 0.2) is 231 Å². The van der Waals surface area contributed by atoms with Crippen molar-refractivity contribution in [3.8, 4) is 55.6 Å². The fourth-order valence-electron chi connectivity index (χ4n) is 14.2. The average Bonchev–Trinajstić information content (AvgIpc) is 3.36. The molecule has 4 saturated carbocycles. The zero-order valence-corrected chi connectivity index (χ0v) is 36.9. The summed E-state index contributed by atoms with van der Waals surface area (Å²) in [5.41, 5.74) is 18.1. The SMILES string of the molecule is c1ccc(-c2ccc(-c3ccccc3N(c3cc(-c4cccc5ccccc45)ccc3-c3ccccc3)c3ccccc3-c3cccc4cccc(C56CC7CC8CC(C5)C876)c34)cc2)cc1. The molecule has 1 nitrogen and oxygen atoms in total. The highest BCUT2D eigenvalue weighted by atomic mass is 15.2. The maximum atomic E-state index is 2.60. The van der Waals surface area contributed by atoms with E-state index < -0.39 is 0 Å². The maximum Gasteiger partial charge on any atom is 0.0546 e. The number of hydrogen-bond donors (Lipinski definition) is 0. The molecule has 0 bridgehead atoms. The molecule has 2 atom stereocenters. The van der Waals surface area contributed by atoms with Crippen LogP contribution < -0.4 is 4.90 Å². The summed E-state index contributed by atoms with van der Waals surface area (Å²) in [7, 11) is 0. The van der Waals surface area contributed by atoms with Crippen LogP contribution in [-0.4, -0.2) is 0 Å². The lowest BCUT2D eigenvalue weighted by Crippen LogP contribution is -2.87. The third kappa shape index (κ3) is 5.29. The molecule has 0 N–H and O–H groups in total. The van der Waals surface area contributed by atoms with Crippen molar-refractivity contribution in [3.63, 3.8) is 0 Å². The molecular formula is C65H49N. The summed E-state index contributed by atoms with van der Waals surface area (Å²) in [5.74, 6) is 2.80. The second-order valence-corrected chi connectivity index (χ2v) is 19.6. The van der Waals surface area contributed by atoms with E-state index in [1.807, 2.05) is 0 Å². The minimum Gasteiger partial charge on any atom is -0.309 e. The molecule has 314 valence electrons. The van der Waals surface area contributed by atoms with Gasteiger partial charge in [-0.1, -0.05) is 212 Å². The molecular weight excluding hydrogens is 795 g/mol. The first-order valence-electron chi connectivity index (χ1n) is 24.0. The van der Waals surface area contributed by atoms with E-state index in [1.54, 1.807) is 5.56 Å². The summed E-state index contributed by atoms with van der Waals surface area (Å²) < 4.78 is 0. The van der Waals surface area contributed by atoms with Crippen LogP contribution in [0.25, 0.3) is 77.2 Å². The number of fused-ring (bicyclic) bond motifs is 2. The van der Waals surface area contributed by atoms with E-state index in [9.17, 15) is 0 Å². The van der Waals surface area contributed by atoms with Gasteiger partial charge in [-0.15, -0.1) is 0 Å². The van der Waals surface area contributed by atoms with Gasteiger partial charge in [0.2, 0.25) is 0 Å². The van der Waals surface area contributed by atoms with Gasteiger partial charge in [-0.3, -0.25) is 0 Å². The van der Waals surface area contributed by atoms with Gasteiger partial charge in [0.1, 0.15) is 0 Å². The molecule has 4 aliphatic carbocycles. The predicted molar refractivity (Wildman–Crippen MR) is 276 cm³/mol. The standard InChI is InChI=1S/C65H49N/c1-3-16-43(17-4-1)44-32-34-47(35-33-44)55-25-9-11-30-60(55)66(62-38-49(36-37-56(62)46-18-5-2-6-19-46)54-27-13-21-45-20-7-8-24-53(45)54)61-31-12-10-26-57(61)58-28-14-22-48-23-15-29-59(63(48)58)64-41-51-39-50-40-52(42-64)65(50,51)64/h1-38,50-52H,39-42H2. The van der Waals surface area contributed by atoms with Crippen LogP contribution in [0, 0.1) is 23.2 Å². The van der Waals surface area contributed by atoms with Crippen molar-refractivity contribution < 1.29 is 0 Å². The first-order valence-corrected chi connectivity index (χ1v) is 24.0. The molecule has 0 aromatic heterocycles. The molecule has 0 amide bonds. The molecule has 0 radical (unpaired) electrons. The van der Waals surface area contributed by atoms with Crippen molar-refractivity contribution in [1.29, 1.82) is 0 Å². The van der Waals surface area contributed by atoms with Crippen molar-refractivity contribution in [3.05, 3.63) is 236 Å². The van der Waals surface area contributed by atoms with E-state index in [4.69, 9.17) is 0 Å². The van der Waals surface area contributed by atoms with Gasteiger partial charge in [0.05, 0.1) is 17.1 Å². The molecule has 1 spiro atoms. The van der Waals surface area contributed by atoms with E-state index in [0.717, 1.165) is 29.1 Å². The van der Waals surface area contributed by atoms with Crippen LogP contribution in [0.3, 0.4) is 0 Å². The Balaban J connectivity index is 1.03. The molecule has 10 aromatic rings. The summed E-state index contributed by atoms with van der Waals surface area (Å²) >= 11 is 0. The second kappa shape index (κ2) is 14.5. The third-order valence-corrected chi connectivity index (χ3v) is 16.9. The Bertz CT molecular complexity index is 3480. The lowest BCUT2D eigenvalue weighted by atomic mass is 9.12. The molecule has 1 heteroatoms. The van der Waals surface area contributed by atoms with Crippen molar-refractivity contribution in [2.24, 2.45) is 23.2 Å². The highest BCUT2D eigenvalue weighted by molar-refractivity contribution is 6.06. The van der Waals surface area contributed by atoms with Crippen molar-refractivity contribution in [2.75, 3.05) is 4.90 Å². The smallest absolute Gasteiger partial charge is 0.0546 e. The Hall–Kier alpha value is -7.48.